The van der Waals surface area contributed by atoms with Crippen molar-refractivity contribution in [2.24, 2.45) is 16.7 Å². The highest BCUT2D eigenvalue weighted by molar-refractivity contribution is 7.86. The molecule has 1 saturated carbocycles. The Morgan fingerprint density at radius 3 is 2.25 bits per heavy atom. The van der Waals surface area contributed by atoms with E-state index < -0.39 is 31.8 Å². The van der Waals surface area contributed by atoms with Crippen LogP contribution in [0.2, 0.25) is 0 Å². The summed E-state index contributed by atoms with van der Waals surface area (Å²) in [5.41, 5.74) is -0.473. The van der Waals surface area contributed by atoms with Crippen molar-refractivity contribution < 1.29 is 25.2 Å². The summed E-state index contributed by atoms with van der Waals surface area (Å²) < 4.78 is 56.0. The Kier molecular flexibility index (Phi) is 6.69. The Labute approximate surface area is 146 Å². The zero-order valence-corrected chi connectivity index (χ0v) is 16.9. The van der Waals surface area contributed by atoms with Gasteiger partial charge in [0.05, 0.1) is 25.2 Å². The van der Waals surface area contributed by atoms with Crippen LogP contribution in [0, 0.1) is 16.7 Å². The minimum absolute atomic E-state index is 0.0192. The Hall–Kier alpha value is -0.440. The fourth-order valence-corrected chi connectivity index (χ4v) is 5.03. The molecule has 1 rings (SSSR count). The highest BCUT2D eigenvalue weighted by Gasteiger charge is 2.54. The number of allylic oxidation sites excluding steroid dienone is 1. The van der Waals surface area contributed by atoms with Gasteiger partial charge < -0.3 is 0 Å². The molecule has 0 spiro atoms. The van der Waals surface area contributed by atoms with Crippen molar-refractivity contribution in [3.63, 3.8) is 0 Å². The number of hydrogen-bond acceptors (Lipinski definition) is 6. The van der Waals surface area contributed by atoms with Gasteiger partial charge in [0.2, 0.25) is 0 Å². The topological polar surface area (TPSA) is 86.7 Å². The molecule has 1 aliphatic rings. The van der Waals surface area contributed by atoms with Crippen molar-refractivity contribution >= 4 is 20.2 Å². The van der Waals surface area contributed by atoms with Crippen molar-refractivity contribution in [2.45, 2.75) is 52.6 Å². The fourth-order valence-electron chi connectivity index (χ4n) is 3.95. The average Bonchev–Trinajstić information content (AvgIpc) is 2.57. The van der Waals surface area contributed by atoms with Gasteiger partial charge in [-0.25, -0.2) is 0 Å². The van der Waals surface area contributed by atoms with E-state index in [0.29, 0.717) is 19.3 Å². The van der Waals surface area contributed by atoms with Gasteiger partial charge in [0.1, 0.15) is 0 Å². The highest BCUT2D eigenvalue weighted by atomic mass is 32.2. The SMILES string of the molecule is C=CC[C@]1([C@@H](C)CCOS(C)(=O)=O)CC(C)(C)CC1OS(C)(=O)=O. The third-order valence-electron chi connectivity index (χ3n) is 4.83. The molecule has 1 fully saturated rings. The van der Waals surface area contributed by atoms with E-state index >= 15 is 0 Å². The number of hydrogen-bond donors (Lipinski definition) is 0. The molecule has 6 nitrogen and oxygen atoms in total. The van der Waals surface area contributed by atoms with Crippen molar-refractivity contribution in [3.8, 4) is 0 Å². The molecule has 24 heavy (non-hydrogen) atoms. The van der Waals surface area contributed by atoms with Crippen molar-refractivity contribution in [2.75, 3.05) is 19.1 Å². The zero-order chi connectivity index (χ0) is 18.8. The molecule has 0 radical (unpaired) electrons. The molecule has 0 aromatic heterocycles. The lowest BCUT2D eigenvalue weighted by Gasteiger charge is -2.40. The number of rotatable bonds is 9. The summed E-state index contributed by atoms with van der Waals surface area (Å²) in [6, 6.07) is 0. The Morgan fingerprint density at radius 2 is 1.79 bits per heavy atom. The summed E-state index contributed by atoms with van der Waals surface area (Å²) in [5.74, 6) is 0.0192. The highest BCUT2D eigenvalue weighted by Crippen LogP contribution is 2.57. The van der Waals surface area contributed by atoms with E-state index in [-0.39, 0.29) is 17.9 Å². The average molecular weight is 383 g/mol. The third kappa shape index (κ3) is 6.13. The first-order valence-corrected chi connectivity index (χ1v) is 11.7. The molecule has 0 aliphatic heterocycles. The smallest absolute Gasteiger partial charge is 0.264 e. The van der Waals surface area contributed by atoms with Crippen LogP contribution in [0.4, 0.5) is 0 Å². The lowest BCUT2D eigenvalue weighted by molar-refractivity contribution is 0.0270. The summed E-state index contributed by atoms with van der Waals surface area (Å²) in [5, 5.41) is 0. The van der Waals surface area contributed by atoms with E-state index in [0.717, 1.165) is 18.9 Å². The van der Waals surface area contributed by atoms with E-state index in [4.69, 9.17) is 8.37 Å². The van der Waals surface area contributed by atoms with Gasteiger partial charge >= 0.3 is 0 Å². The van der Waals surface area contributed by atoms with Crippen LogP contribution >= 0.6 is 0 Å². The Balaban J connectivity index is 3.06. The quantitative estimate of drug-likeness (QED) is 0.450. The molecular formula is C16H30O6S2. The molecule has 142 valence electrons. The van der Waals surface area contributed by atoms with Crippen LogP contribution in [0.3, 0.4) is 0 Å². The summed E-state index contributed by atoms with van der Waals surface area (Å²) in [6.45, 7) is 10.1. The molecule has 0 heterocycles. The minimum Gasteiger partial charge on any atom is -0.270 e. The summed E-state index contributed by atoms with van der Waals surface area (Å²) in [4.78, 5) is 0. The Morgan fingerprint density at radius 1 is 1.21 bits per heavy atom. The molecule has 3 atom stereocenters. The van der Waals surface area contributed by atoms with Gasteiger partial charge in [0, 0.05) is 5.41 Å². The third-order valence-corrected chi connectivity index (χ3v) is 6.01. The Bertz CT molecular complexity index is 650. The van der Waals surface area contributed by atoms with Gasteiger partial charge in [-0.15, -0.1) is 6.58 Å². The van der Waals surface area contributed by atoms with Crippen LogP contribution in [-0.2, 0) is 28.6 Å². The van der Waals surface area contributed by atoms with Gasteiger partial charge in [-0.1, -0.05) is 26.8 Å². The largest absolute Gasteiger partial charge is 0.270 e. The van der Waals surface area contributed by atoms with Crippen molar-refractivity contribution in [1.29, 1.82) is 0 Å². The summed E-state index contributed by atoms with van der Waals surface area (Å²) in [6.07, 6.45) is 5.94. The van der Waals surface area contributed by atoms with Crippen LogP contribution in [0.1, 0.15) is 46.5 Å². The van der Waals surface area contributed by atoms with Crippen LogP contribution in [0.15, 0.2) is 12.7 Å². The molecule has 0 amide bonds. The van der Waals surface area contributed by atoms with Gasteiger partial charge in [-0.3, -0.25) is 8.37 Å². The van der Waals surface area contributed by atoms with Crippen molar-refractivity contribution in [3.05, 3.63) is 12.7 Å². The standard InChI is InChI=1S/C16H30O6S2/c1-7-9-16(13(2)8-10-21-23(5,17)18)12-15(3,4)11-14(16)22-24(6,19)20/h7,13-14H,1,8-12H2,2-6H3/t13-,14?,16+/m0/s1. The fraction of sp³-hybridized carbons (Fsp3) is 0.875. The van der Waals surface area contributed by atoms with E-state index in [1.807, 2.05) is 6.92 Å². The first-order valence-electron chi connectivity index (χ1n) is 8.04. The lowest BCUT2D eigenvalue weighted by atomic mass is 9.68. The molecule has 0 aromatic rings. The van der Waals surface area contributed by atoms with E-state index in [1.54, 1.807) is 6.08 Å². The monoisotopic (exact) mass is 382 g/mol. The van der Waals surface area contributed by atoms with Gasteiger partial charge in [0.15, 0.2) is 0 Å². The molecule has 0 N–H and O–H groups in total. The zero-order valence-electron chi connectivity index (χ0n) is 15.2. The van der Waals surface area contributed by atoms with Gasteiger partial charge in [-0.05, 0) is 37.0 Å². The van der Waals surface area contributed by atoms with Crippen LogP contribution in [0.5, 0.6) is 0 Å². The van der Waals surface area contributed by atoms with E-state index in [1.165, 1.54) is 0 Å². The predicted molar refractivity (Wildman–Crippen MR) is 94.6 cm³/mol. The normalized spacial score (nSPS) is 28.6. The second-order valence-electron chi connectivity index (χ2n) is 7.78. The maximum atomic E-state index is 11.7. The lowest BCUT2D eigenvalue weighted by Crippen LogP contribution is -2.39. The predicted octanol–water partition coefficient (Wildman–Crippen LogP) is 2.72. The molecular weight excluding hydrogens is 352 g/mol. The van der Waals surface area contributed by atoms with Gasteiger partial charge in [-0.2, -0.15) is 16.8 Å². The maximum absolute atomic E-state index is 11.7. The van der Waals surface area contributed by atoms with Crippen LogP contribution in [0.25, 0.3) is 0 Å². The second-order valence-corrected chi connectivity index (χ2v) is 11.0. The van der Waals surface area contributed by atoms with Crippen LogP contribution in [-0.4, -0.2) is 42.1 Å². The molecule has 1 aliphatic carbocycles. The molecule has 0 aromatic carbocycles. The van der Waals surface area contributed by atoms with E-state index in [2.05, 4.69) is 20.4 Å². The first-order chi connectivity index (χ1) is 10.7. The van der Waals surface area contributed by atoms with Crippen LogP contribution < -0.4 is 0 Å². The molecule has 1 unspecified atom stereocenters. The molecule has 0 bridgehead atoms. The van der Waals surface area contributed by atoms with E-state index in [9.17, 15) is 16.8 Å². The minimum atomic E-state index is -3.59. The first kappa shape index (κ1) is 21.6. The summed E-state index contributed by atoms with van der Waals surface area (Å²) >= 11 is 0. The van der Waals surface area contributed by atoms with Gasteiger partial charge in [0.25, 0.3) is 20.2 Å². The summed E-state index contributed by atoms with van der Waals surface area (Å²) in [7, 11) is -7.07. The maximum Gasteiger partial charge on any atom is 0.264 e. The molecule has 8 heteroatoms. The molecule has 0 saturated heterocycles. The second kappa shape index (κ2) is 7.43. The van der Waals surface area contributed by atoms with Crippen molar-refractivity contribution in [1.82, 2.24) is 0 Å².